The van der Waals surface area contributed by atoms with Crippen molar-refractivity contribution in [2.75, 3.05) is 20.6 Å². The van der Waals surface area contributed by atoms with Crippen molar-refractivity contribution in [1.29, 1.82) is 0 Å². The number of fused-ring (bicyclic) bond motifs is 5. The summed E-state index contributed by atoms with van der Waals surface area (Å²) in [4.78, 5) is 56.6. The zero-order valence-corrected chi connectivity index (χ0v) is 16.9. The molecule has 3 heterocycles. The molecule has 3 saturated heterocycles. The summed E-state index contributed by atoms with van der Waals surface area (Å²) >= 11 is 3.35. The highest BCUT2D eigenvalue weighted by Crippen LogP contribution is 2.53. The van der Waals surface area contributed by atoms with Crippen LogP contribution in [0.2, 0.25) is 0 Å². The lowest BCUT2D eigenvalue weighted by Crippen LogP contribution is -2.68. The molecule has 4 atom stereocenters. The Balaban J connectivity index is 1.89. The number of amides is 4. The Morgan fingerprint density at radius 1 is 1.15 bits per heavy atom. The van der Waals surface area contributed by atoms with Crippen LogP contribution < -0.4 is 0 Å². The second kappa shape index (κ2) is 5.89. The number of halogens is 1. The molecule has 3 aliphatic heterocycles. The first-order chi connectivity index (χ1) is 12.8. The van der Waals surface area contributed by atoms with Gasteiger partial charge in [-0.05, 0) is 30.7 Å². The number of piperazine rings is 1. The first-order valence-electron chi connectivity index (χ1n) is 8.92. The fourth-order valence-electron chi connectivity index (χ4n) is 5.06. The highest BCUT2D eigenvalue weighted by Gasteiger charge is 2.74. The Labute approximate surface area is 165 Å². The highest BCUT2D eigenvalue weighted by molar-refractivity contribution is 9.10. The highest BCUT2D eigenvalue weighted by atomic mass is 79.9. The first kappa shape index (κ1) is 18.2. The number of hydrogen-bond donors (Lipinski definition) is 0. The second-order valence-corrected chi connectivity index (χ2v) is 8.37. The van der Waals surface area contributed by atoms with E-state index in [4.69, 9.17) is 0 Å². The van der Waals surface area contributed by atoms with Crippen molar-refractivity contribution < 1.29 is 19.2 Å². The summed E-state index contributed by atoms with van der Waals surface area (Å²) in [5.74, 6) is -2.74. The number of nitrogens with zero attached hydrogens (tertiary/aromatic N) is 3. The van der Waals surface area contributed by atoms with Crippen LogP contribution in [0.25, 0.3) is 0 Å². The predicted octanol–water partition coefficient (Wildman–Crippen LogP) is 1.13. The fourth-order valence-corrected chi connectivity index (χ4v) is 5.33. The Morgan fingerprint density at radius 2 is 1.78 bits per heavy atom. The van der Waals surface area contributed by atoms with Gasteiger partial charge in [0.25, 0.3) is 5.91 Å². The van der Waals surface area contributed by atoms with Crippen molar-refractivity contribution in [2.45, 2.75) is 24.9 Å². The normalized spacial score (nSPS) is 32.4. The van der Waals surface area contributed by atoms with Crippen LogP contribution in [0.3, 0.4) is 0 Å². The molecule has 7 nitrogen and oxygen atoms in total. The SMILES string of the molecule is CC[C@]12C(=O)N(C)C[C@H]([C@@H]3C(=O)N(C)C(=O)[C@@H]31)N2C(=O)c1ccc(Br)cc1. The zero-order valence-electron chi connectivity index (χ0n) is 15.3. The number of likely N-dealkylation sites (tertiary alicyclic amines) is 2. The summed E-state index contributed by atoms with van der Waals surface area (Å²) in [6.07, 6.45) is 0.281. The van der Waals surface area contributed by atoms with Crippen molar-refractivity contribution in [3.8, 4) is 0 Å². The number of carbonyl (C=O) groups excluding carboxylic acids is 4. The van der Waals surface area contributed by atoms with Crippen LogP contribution in [0.15, 0.2) is 28.7 Å². The van der Waals surface area contributed by atoms with E-state index in [1.165, 1.54) is 11.9 Å². The standard InChI is InChI=1S/C19H20BrN3O4/c1-4-19-14-13(16(25)22(3)17(14)26)12(9-21(2)18(19)27)23(19)15(24)10-5-7-11(20)8-6-10/h5-8,12-14H,4,9H2,1-3H3/t12-,13+,14-,19-/m1/s1. The maximum atomic E-state index is 13.4. The molecule has 3 aliphatic rings. The Hall–Kier alpha value is -2.22. The Bertz CT molecular complexity index is 870. The lowest BCUT2D eigenvalue weighted by Gasteiger charge is -2.48. The maximum absolute atomic E-state index is 13.4. The molecule has 0 unspecified atom stereocenters. The van der Waals surface area contributed by atoms with Gasteiger partial charge in [-0.2, -0.15) is 0 Å². The third kappa shape index (κ3) is 2.13. The van der Waals surface area contributed by atoms with E-state index in [0.717, 1.165) is 9.37 Å². The largest absolute Gasteiger partial charge is 0.342 e. The number of carbonyl (C=O) groups is 4. The predicted molar refractivity (Wildman–Crippen MR) is 99.5 cm³/mol. The molecule has 27 heavy (non-hydrogen) atoms. The van der Waals surface area contributed by atoms with Gasteiger partial charge in [0, 0.05) is 30.7 Å². The van der Waals surface area contributed by atoms with Gasteiger partial charge < -0.3 is 9.80 Å². The lowest BCUT2D eigenvalue weighted by atomic mass is 9.78. The van der Waals surface area contributed by atoms with E-state index < -0.39 is 23.4 Å². The number of hydrogen-bond acceptors (Lipinski definition) is 4. The van der Waals surface area contributed by atoms with Gasteiger partial charge in [0.1, 0.15) is 5.54 Å². The molecule has 0 aliphatic carbocycles. The minimum absolute atomic E-state index is 0.247. The van der Waals surface area contributed by atoms with Crippen molar-refractivity contribution in [1.82, 2.24) is 14.7 Å². The molecule has 0 radical (unpaired) electrons. The van der Waals surface area contributed by atoms with Crippen molar-refractivity contribution in [3.05, 3.63) is 34.3 Å². The average Bonchev–Trinajstić information content (AvgIpc) is 3.03. The minimum atomic E-state index is -1.32. The van der Waals surface area contributed by atoms with E-state index >= 15 is 0 Å². The quantitative estimate of drug-likeness (QED) is 0.654. The van der Waals surface area contributed by atoms with Crippen molar-refractivity contribution in [2.24, 2.45) is 11.8 Å². The summed E-state index contributed by atoms with van der Waals surface area (Å²) < 4.78 is 0.838. The molecule has 4 rings (SSSR count). The number of rotatable bonds is 2. The van der Waals surface area contributed by atoms with Gasteiger partial charge in [-0.25, -0.2) is 0 Å². The van der Waals surface area contributed by atoms with Crippen molar-refractivity contribution >= 4 is 39.6 Å². The molecule has 4 amide bonds. The Kier molecular flexibility index (Phi) is 3.96. The van der Waals surface area contributed by atoms with E-state index in [-0.39, 0.29) is 36.6 Å². The fraction of sp³-hybridized carbons (Fsp3) is 0.474. The molecule has 0 N–H and O–H groups in total. The van der Waals surface area contributed by atoms with Gasteiger partial charge in [-0.1, -0.05) is 22.9 Å². The topological polar surface area (TPSA) is 78.0 Å². The van der Waals surface area contributed by atoms with Crippen LogP contribution in [0.4, 0.5) is 0 Å². The van der Waals surface area contributed by atoms with Crippen molar-refractivity contribution in [3.63, 3.8) is 0 Å². The number of imide groups is 1. The van der Waals surface area contributed by atoms with Gasteiger partial charge in [-0.3, -0.25) is 24.1 Å². The van der Waals surface area contributed by atoms with E-state index in [0.29, 0.717) is 5.56 Å². The molecule has 0 aromatic heterocycles. The zero-order chi connectivity index (χ0) is 19.7. The van der Waals surface area contributed by atoms with Gasteiger partial charge >= 0.3 is 0 Å². The average molecular weight is 434 g/mol. The molecule has 0 saturated carbocycles. The summed E-state index contributed by atoms with van der Waals surface area (Å²) in [5, 5.41) is 0. The Morgan fingerprint density at radius 3 is 2.37 bits per heavy atom. The van der Waals surface area contributed by atoms with E-state index in [1.54, 1.807) is 43.1 Å². The summed E-state index contributed by atoms with van der Waals surface area (Å²) in [7, 11) is 3.12. The van der Waals surface area contributed by atoms with E-state index in [9.17, 15) is 19.2 Å². The molecule has 1 aromatic carbocycles. The molecule has 2 bridgehead atoms. The van der Waals surface area contributed by atoms with Crippen LogP contribution in [0.1, 0.15) is 23.7 Å². The van der Waals surface area contributed by atoms with Gasteiger partial charge in [-0.15, -0.1) is 0 Å². The second-order valence-electron chi connectivity index (χ2n) is 7.45. The minimum Gasteiger partial charge on any atom is -0.342 e. The summed E-state index contributed by atoms with van der Waals surface area (Å²) in [6.45, 7) is 2.05. The monoisotopic (exact) mass is 433 g/mol. The van der Waals surface area contributed by atoms with Gasteiger partial charge in [0.05, 0.1) is 17.9 Å². The summed E-state index contributed by atoms with van der Waals surface area (Å²) in [5.41, 5.74) is -0.879. The molecular weight excluding hydrogens is 414 g/mol. The number of benzene rings is 1. The first-order valence-corrected chi connectivity index (χ1v) is 9.71. The molecular formula is C19H20BrN3O4. The van der Waals surface area contributed by atoms with Crippen LogP contribution >= 0.6 is 15.9 Å². The van der Waals surface area contributed by atoms with Crippen LogP contribution in [0, 0.1) is 11.8 Å². The van der Waals surface area contributed by atoms with E-state index in [1.807, 2.05) is 0 Å². The van der Waals surface area contributed by atoms with Gasteiger partial charge in [0.2, 0.25) is 17.7 Å². The molecule has 142 valence electrons. The van der Waals surface area contributed by atoms with E-state index in [2.05, 4.69) is 15.9 Å². The molecule has 1 aromatic rings. The smallest absolute Gasteiger partial charge is 0.255 e. The molecule has 0 spiro atoms. The summed E-state index contributed by atoms with van der Waals surface area (Å²) in [6, 6.07) is 6.38. The number of likely N-dealkylation sites (N-methyl/N-ethyl adjacent to an activating group) is 1. The maximum Gasteiger partial charge on any atom is 0.255 e. The molecule has 3 fully saturated rings. The molecule has 8 heteroatoms. The third-order valence-electron chi connectivity index (χ3n) is 6.29. The van der Waals surface area contributed by atoms with Gasteiger partial charge in [0.15, 0.2) is 0 Å². The van der Waals surface area contributed by atoms with Crippen LogP contribution in [0.5, 0.6) is 0 Å². The lowest BCUT2D eigenvalue weighted by molar-refractivity contribution is -0.155. The van der Waals surface area contributed by atoms with Crippen LogP contribution in [-0.2, 0) is 14.4 Å². The third-order valence-corrected chi connectivity index (χ3v) is 6.82. The van der Waals surface area contributed by atoms with Crippen LogP contribution in [-0.4, -0.2) is 70.5 Å².